The van der Waals surface area contributed by atoms with E-state index in [4.69, 9.17) is 10.5 Å². The van der Waals surface area contributed by atoms with E-state index in [2.05, 4.69) is 32.7 Å². The summed E-state index contributed by atoms with van der Waals surface area (Å²) in [5, 5.41) is 0. The van der Waals surface area contributed by atoms with Gasteiger partial charge >= 0.3 is 0 Å². The first-order valence-electron chi connectivity index (χ1n) is 4.30. The van der Waals surface area contributed by atoms with Gasteiger partial charge in [0.15, 0.2) is 0 Å². The van der Waals surface area contributed by atoms with Gasteiger partial charge < -0.3 is 10.5 Å². The molecule has 0 aromatic rings. The van der Waals surface area contributed by atoms with Crippen LogP contribution in [0.5, 0.6) is 0 Å². The molecule has 0 saturated carbocycles. The van der Waals surface area contributed by atoms with Crippen LogP contribution in [0.25, 0.3) is 0 Å². The molecule has 0 spiro atoms. The second-order valence-electron chi connectivity index (χ2n) is 4.94. The Hall–Kier alpha value is -0.730. The summed E-state index contributed by atoms with van der Waals surface area (Å²) in [6, 6.07) is 0.335. The first-order chi connectivity index (χ1) is 5.31. The van der Waals surface area contributed by atoms with Crippen molar-refractivity contribution in [1.29, 1.82) is 0 Å². The van der Waals surface area contributed by atoms with Crippen molar-refractivity contribution in [1.82, 2.24) is 0 Å². The van der Waals surface area contributed by atoms with E-state index in [-0.39, 0.29) is 11.0 Å². The average molecular weight is 170 g/mol. The predicted molar refractivity (Wildman–Crippen MR) is 50.1 cm³/mol. The third-order valence-corrected chi connectivity index (χ3v) is 1.82. The van der Waals surface area contributed by atoms with Gasteiger partial charge in [0.05, 0.1) is 6.54 Å². The Morgan fingerprint density at radius 2 is 2.17 bits per heavy atom. The third kappa shape index (κ3) is 2.40. The van der Waals surface area contributed by atoms with Crippen molar-refractivity contribution >= 4 is 6.02 Å². The summed E-state index contributed by atoms with van der Waals surface area (Å²) in [5.41, 5.74) is 5.54. The molecule has 0 aliphatic carbocycles. The molecule has 1 aliphatic rings. The predicted octanol–water partition coefficient (Wildman–Crippen LogP) is 1.53. The lowest BCUT2D eigenvalue weighted by Gasteiger charge is -2.30. The van der Waals surface area contributed by atoms with Gasteiger partial charge in [0.1, 0.15) is 5.60 Å². The number of nitrogens with zero attached hydrogens (tertiary/aromatic N) is 1. The van der Waals surface area contributed by atoms with Gasteiger partial charge in [0, 0.05) is 0 Å². The first-order valence-corrected chi connectivity index (χ1v) is 4.30. The fourth-order valence-corrected chi connectivity index (χ4v) is 1.78. The number of rotatable bonds is 1. The monoisotopic (exact) mass is 170 g/mol. The summed E-state index contributed by atoms with van der Waals surface area (Å²) in [6.45, 7) is 9.32. The fraction of sp³-hybridized carbons (Fsp3) is 0.889. The lowest BCUT2D eigenvalue weighted by molar-refractivity contribution is 0.0591. The summed E-state index contributed by atoms with van der Waals surface area (Å²) in [7, 11) is 0. The highest BCUT2D eigenvalue weighted by Gasteiger charge is 2.35. The average Bonchev–Trinajstić information content (AvgIpc) is 2.05. The molecule has 70 valence electrons. The van der Waals surface area contributed by atoms with Gasteiger partial charge in [-0.05, 0) is 18.8 Å². The minimum Gasteiger partial charge on any atom is -0.457 e. The maximum atomic E-state index is 5.46. The Labute approximate surface area is 74.0 Å². The highest BCUT2D eigenvalue weighted by Crippen LogP contribution is 2.32. The van der Waals surface area contributed by atoms with E-state index in [9.17, 15) is 0 Å². The van der Waals surface area contributed by atoms with E-state index in [0.717, 1.165) is 6.42 Å². The quantitative estimate of drug-likeness (QED) is 0.648. The molecule has 1 heterocycles. The SMILES string of the molecule is CC(C)(C)CC1(C)CN=C(N)O1. The van der Waals surface area contributed by atoms with Gasteiger partial charge in [-0.2, -0.15) is 0 Å². The van der Waals surface area contributed by atoms with Crippen molar-refractivity contribution in [2.24, 2.45) is 16.1 Å². The van der Waals surface area contributed by atoms with Gasteiger partial charge in [-0.15, -0.1) is 0 Å². The van der Waals surface area contributed by atoms with E-state index in [0.29, 0.717) is 12.6 Å². The summed E-state index contributed by atoms with van der Waals surface area (Å²) in [5.74, 6) is 0. The zero-order valence-corrected chi connectivity index (χ0v) is 8.35. The normalized spacial score (nSPS) is 29.8. The topological polar surface area (TPSA) is 47.6 Å². The van der Waals surface area contributed by atoms with Crippen LogP contribution in [0.1, 0.15) is 34.1 Å². The maximum Gasteiger partial charge on any atom is 0.282 e. The fourth-order valence-electron chi connectivity index (χ4n) is 1.78. The Bertz CT molecular complexity index is 205. The maximum absolute atomic E-state index is 5.46. The molecule has 3 nitrogen and oxygen atoms in total. The highest BCUT2D eigenvalue weighted by atomic mass is 16.5. The highest BCUT2D eigenvalue weighted by molar-refractivity contribution is 5.73. The minimum atomic E-state index is -0.178. The lowest BCUT2D eigenvalue weighted by atomic mass is 9.83. The lowest BCUT2D eigenvalue weighted by Crippen LogP contribution is -2.35. The van der Waals surface area contributed by atoms with Gasteiger partial charge in [-0.1, -0.05) is 20.8 Å². The Balaban J connectivity index is 2.54. The number of amidine groups is 1. The van der Waals surface area contributed by atoms with E-state index in [1.165, 1.54) is 0 Å². The smallest absolute Gasteiger partial charge is 0.282 e. The van der Waals surface area contributed by atoms with Crippen molar-refractivity contribution in [3.8, 4) is 0 Å². The molecule has 1 aliphatic heterocycles. The zero-order chi connectivity index (χ0) is 9.41. The van der Waals surface area contributed by atoms with Crippen LogP contribution in [0, 0.1) is 5.41 Å². The van der Waals surface area contributed by atoms with Crippen molar-refractivity contribution < 1.29 is 4.74 Å². The van der Waals surface area contributed by atoms with Crippen molar-refractivity contribution in [2.45, 2.75) is 39.7 Å². The number of nitrogens with two attached hydrogens (primary N) is 1. The number of hydrogen-bond acceptors (Lipinski definition) is 3. The largest absolute Gasteiger partial charge is 0.457 e. The third-order valence-electron chi connectivity index (χ3n) is 1.82. The molecule has 0 fully saturated rings. The Morgan fingerprint density at radius 1 is 1.58 bits per heavy atom. The molecule has 3 heteroatoms. The zero-order valence-electron chi connectivity index (χ0n) is 8.35. The minimum absolute atomic E-state index is 0.178. The van der Waals surface area contributed by atoms with Gasteiger partial charge in [-0.25, -0.2) is 4.99 Å². The number of aliphatic imine (C=N–C) groups is 1. The molecule has 0 aromatic carbocycles. The molecule has 2 N–H and O–H groups in total. The van der Waals surface area contributed by atoms with Crippen molar-refractivity contribution in [3.63, 3.8) is 0 Å². The molecule has 1 rings (SSSR count). The Morgan fingerprint density at radius 3 is 2.50 bits per heavy atom. The molecule has 0 bridgehead atoms. The van der Waals surface area contributed by atoms with Gasteiger partial charge in [0.2, 0.25) is 0 Å². The van der Waals surface area contributed by atoms with Crippen LogP contribution in [0.3, 0.4) is 0 Å². The van der Waals surface area contributed by atoms with Crippen LogP contribution >= 0.6 is 0 Å². The first kappa shape index (κ1) is 9.36. The van der Waals surface area contributed by atoms with Gasteiger partial charge in [0.25, 0.3) is 6.02 Å². The number of hydrogen-bond donors (Lipinski definition) is 1. The summed E-state index contributed by atoms with van der Waals surface area (Å²) < 4.78 is 5.45. The van der Waals surface area contributed by atoms with Crippen molar-refractivity contribution in [3.05, 3.63) is 0 Å². The summed E-state index contributed by atoms with van der Waals surface area (Å²) in [4.78, 5) is 4.05. The van der Waals surface area contributed by atoms with Gasteiger partial charge in [-0.3, -0.25) is 0 Å². The van der Waals surface area contributed by atoms with E-state index >= 15 is 0 Å². The van der Waals surface area contributed by atoms with Crippen LogP contribution < -0.4 is 5.73 Å². The molecular formula is C9H18N2O. The molecule has 0 amide bonds. The molecule has 0 saturated heterocycles. The Kier molecular flexibility index (Phi) is 2.06. The van der Waals surface area contributed by atoms with E-state index < -0.39 is 0 Å². The molecule has 12 heavy (non-hydrogen) atoms. The standard InChI is InChI=1S/C9H18N2O/c1-8(2,3)5-9(4)6-11-7(10)12-9/h5-6H2,1-4H3,(H2,10,11). The van der Waals surface area contributed by atoms with Crippen molar-refractivity contribution in [2.75, 3.05) is 6.54 Å². The molecule has 1 unspecified atom stereocenters. The second-order valence-corrected chi connectivity index (χ2v) is 4.94. The van der Waals surface area contributed by atoms with E-state index in [1.807, 2.05) is 0 Å². The molecule has 0 aromatic heterocycles. The number of ether oxygens (including phenoxy) is 1. The van der Waals surface area contributed by atoms with Crippen LogP contribution in [0.2, 0.25) is 0 Å². The molecule has 1 atom stereocenters. The molecule has 0 radical (unpaired) electrons. The van der Waals surface area contributed by atoms with Crippen LogP contribution in [-0.4, -0.2) is 18.2 Å². The van der Waals surface area contributed by atoms with E-state index in [1.54, 1.807) is 0 Å². The van der Waals surface area contributed by atoms with Crippen LogP contribution in [0.4, 0.5) is 0 Å². The van der Waals surface area contributed by atoms with Crippen LogP contribution in [-0.2, 0) is 4.74 Å². The summed E-state index contributed by atoms with van der Waals surface area (Å²) >= 11 is 0. The second kappa shape index (κ2) is 2.64. The summed E-state index contributed by atoms with van der Waals surface area (Å²) in [6.07, 6.45) is 0.976. The van der Waals surface area contributed by atoms with Crippen LogP contribution in [0.15, 0.2) is 4.99 Å². The molecular weight excluding hydrogens is 152 g/mol.